The maximum atomic E-state index is 13.0. The van der Waals surface area contributed by atoms with Crippen molar-refractivity contribution in [2.24, 2.45) is 0 Å². The standard InChI is InChI=1S/C13H17ClFNO2/c1-8(6-13(17)18-3)16-9(2)10-4-5-12(15)11(14)7-10/h4-5,7-9,16H,6H2,1-3H3. The summed E-state index contributed by atoms with van der Waals surface area (Å²) in [6.07, 6.45) is 0.287. The Kier molecular flexibility index (Phi) is 5.56. The Morgan fingerprint density at radius 2 is 2.17 bits per heavy atom. The maximum absolute atomic E-state index is 13.0. The molecule has 0 heterocycles. The van der Waals surface area contributed by atoms with E-state index >= 15 is 0 Å². The van der Waals surface area contributed by atoms with Crippen LogP contribution in [0.3, 0.4) is 0 Å². The van der Waals surface area contributed by atoms with E-state index in [4.69, 9.17) is 11.6 Å². The van der Waals surface area contributed by atoms with Gasteiger partial charge in [0.2, 0.25) is 0 Å². The van der Waals surface area contributed by atoms with Gasteiger partial charge in [-0.25, -0.2) is 4.39 Å². The molecule has 5 heteroatoms. The lowest BCUT2D eigenvalue weighted by Gasteiger charge is -2.19. The zero-order valence-corrected chi connectivity index (χ0v) is 11.4. The van der Waals surface area contributed by atoms with Crippen LogP contribution in [-0.4, -0.2) is 19.1 Å². The van der Waals surface area contributed by atoms with E-state index in [0.717, 1.165) is 5.56 Å². The minimum Gasteiger partial charge on any atom is -0.469 e. The molecule has 0 amide bonds. The highest BCUT2D eigenvalue weighted by Gasteiger charge is 2.14. The summed E-state index contributed by atoms with van der Waals surface area (Å²) in [5.74, 6) is -0.699. The summed E-state index contributed by atoms with van der Waals surface area (Å²) in [4.78, 5) is 11.1. The van der Waals surface area contributed by atoms with Crippen LogP contribution >= 0.6 is 11.6 Å². The van der Waals surface area contributed by atoms with Gasteiger partial charge in [-0.3, -0.25) is 4.79 Å². The molecule has 0 saturated heterocycles. The molecule has 0 aromatic heterocycles. The van der Waals surface area contributed by atoms with Crippen LogP contribution in [0.2, 0.25) is 5.02 Å². The SMILES string of the molecule is COC(=O)CC(C)NC(C)c1ccc(F)c(Cl)c1. The molecule has 18 heavy (non-hydrogen) atoms. The van der Waals surface area contributed by atoms with Crippen LogP contribution in [0.15, 0.2) is 18.2 Å². The second-order valence-corrected chi connectivity index (χ2v) is 4.65. The minimum atomic E-state index is -0.435. The van der Waals surface area contributed by atoms with E-state index in [1.165, 1.54) is 13.2 Å². The van der Waals surface area contributed by atoms with Gasteiger partial charge >= 0.3 is 5.97 Å². The average molecular weight is 274 g/mol. The fourth-order valence-corrected chi connectivity index (χ4v) is 1.89. The molecule has 0 radical (unpaired) electrons. The largest absolute Gasteiger partial charge is 0.469 e. The van der Waals surface area contributed by atoms with E-state index in [1.807, 2.05) is 13.8 Å². The first kappa shape index (κ1) is 14.9. The van der Waals surface area contributed by atoms with Crippen LogP contribution in [-0.2, 0) is 9.53 Å². The molecule has 0 bridgehead atoms. The smallest absolute Gasteiger partial charge is 0.307 e. The van der Waals surface area contributed by atoms with Crippen LogP contribution in [0.5, 0.6) is 0 Å². The van der Waals surface area contributed by atoms with Gasteiger partial charge in [0.05, 0.1) is 18.6 Å². The Hall–Kier alpha value is -1.13. The average Bonchev–Trinajstić information content (AvgIpc) is 2.32. The Labute approximate surface area is 111 Å². The molecule has 100 valence electrons. The first-order valence-corrected chi connectivity index (χ1v) is 6.09. The number of ether oxygens (including phenoxy) is 1. The third kappa shape index (κ3) is 4.27. The molecular weight excluding hydrogens is 257 g/mol. The van der Waals surface area contributed by atoms with Crippen molar-refractivity contribution in [1.82, 2.24) is 5.32 Å². The number of halogens is 2. The quantitative estimate of drug-likeness (QED) is 0.838. The predicted octanol–water partition coefficient (Wildman–Crippen LogP) is 3.08. The van der Waals surface area contributed by atoms with Gasteiger partial charge in [0, 0.05) is 12.1 Å². The number of hydrogen-bond donors (Lipinski definition) is 1. The van der Waals surface area contributed by atoms with E-state index in [9.17, 15) is 9.18 Å². The topological polar surface area (TPSA) is 38.3 Å². The lowest BCUT2D eigenvalue weighted by Crippen LogP contribution is -2.31. The minimum absolute atomic E-state index is 0.0252. The van der Waals surface area contributed by atoms with E-state index in [-0.39, 0.29) is 29.5 Å². The number of nitrogens with one attached hydrogen (secondary N) is 1. The van der Waals surface area contributed by atoms with Crippen LogP contribution in [0.1, 0.15) is 31.9 Å². The Morgan fingerprint density at radius 1 is 1.50 bits per heavy atom. The second-order valence-electron chi connectivity index (χ2n) is 4.24. The number of carbonyl (C=O) groups excluding carboxylic acids is 1. The normalized spacial score (nSPS) is 14.1. The Bertz CT molecular complexity index is 425. The van der Waals surface area contributed by atoms with Gasteiger partial charge < -0.3 is 10.1 Å². The van der Waals surface area contributed by atoms with Crippen LogP contribution in [0.4, 0.5) is 4.39 Å². The van der Waals surface area contributed by atoms with Gasteiger partial charge in [-0.1, -0.05) is 17.7 Å². The van der Waals surface area contributed by atoms with Crippen molar-refractivity contribution in [3.05, 3.63) is 34.6 Å². The molecule has 0 saturated carbocycles. The molecule has 1 aromatic carbocycles. The molecule has 0 spiro atoms. The van der Waals surface area contributed by atoms with Crippen molar-refractivity contribution in [1.29, 1.82) is 0 Å². The molecule has 2 atom stereocenters. The molecule has 2 unspecified atom stereocenters. The third-order valence-electron chi connectivity index (χ3n) is 2.68. The van der Waals surface area contributed by atoms with E-state index < -0.39 is 5.82 Å². The highest BCUT2D eigenvalue weighted by Crippen LogP contribution is 2.21. The van der Waals surface area contributed by atoms with Gasteiger partial charge in [-0.05, 0) is 31.5 Å². The molecule has 0 aliphatic carbocycles. The zero-order chi connectivity index (χ0) is 13.7. The monoisotopic (exact) mass is 273 g/mol. The second kappa shape index (κ2) is 6.71. The fraction of sp³-hybridized carbons (Fsp3) is 0.462. The van der Waals surface area contributed by atoms with Crippen molar-refractivity contribution in [2.45, 2.75) is 32.4 Å². The molecule has 1 aromatic rings. The summed E-state index contributed by atoms with van der Waals surface area (Å²) >= 11 is 5.72. The van der Waals surface area contributed by atoms with E-state index in [0.29, 0.717) is 0 Å². The fourth-order valence-electron chi connectivity index (χ4n) is 1.70. The molecule has 0 aliphatic heterocycles. The van der Waals surface area contributed by atoms with E-state index in [1.54, 1.807) is 12.1 Å². The summed E-state index contributed by atoms with van der Waals surface area (Å²) in [6.45, 7) is 3.82. The molecule has 3 nitrogen and oxygen atoms in total. The van der Waals surface area contributed by atoms with Crippen molar-refractivity contribution in [2.75, 3.05) is 7.11 Å². The number of methoxy groups -OCH3 is 1. The lowest BCUT2D eigenvalue weighted by atomic mass is 10.1. The number of hydrogen-bond acceptors (Lipinski definition) is 3. The first-order valence-electron chi connectivity index (χ1n) is 5.72. The van der Waals surface area contributed by atoms with Crippen molar-refractivity contribution < 1.29 is 13.9 Å². The lowest BCUT2D eigenvalue weighted by molar-refractivity contribution is -0.141. The molecule has 1 rings (SSSR count). The molecule has 0 aliphatic rings. The first-order chi connectivity index (χ1) is 8.43. The number of rotatable bonds is 5. The van der Waals surface area contributed by atoms with Crippen molar-refractivity contribution >= 4 is 17.6 Å². The number of esters is 1. The van der Waals surface area contributed by atoms with Gasteiger partial charge in [-0.2, -0.15) is 0 Å². The Balaban J connectivity index is 2.61. The van der Waals surface area contributed by atoms with Gasteiger partial charge in [0.25, 0.3) is 0 Å². The summed E-state index contributed by atoms with van der Waals surface area (Å²) < 4.78 is 17.6. The predicted molar refractivity (Wildman–Crippen MR) is 69.1 cm³/mol. The third-order valence-corrected chi connectivity index (χ3v) is 2.97. The van der Waals surface area contributed by atoms with Gasteiger partial charge in [0.1, 0.15) is 5.82 Å². The summed E-state index contributed by atoms with van der Waals surface area (Å²) in [7, 11) is 1.36. The summed E-state index contributed by atoms with van der Waals surface area (Å²) in [5, 5.41) is 3.32. The van der Waals surface area contributed by atoms with Crippen molar-refractivity contribution in [3.63, 3.8) is 0 Å². The molecular formula is C13H17ClFNO2. The van der Waals surface area contributed by atoms with Crippen LogP contribution in [0.25, 0.3) is 0 Å². The van der Waals surface area contributed by atoms with Gasteiger partial charge in [0.15, 0.2) is 0 Å². The number of benzene rings is 1. The number of carbonyl (C=O) groups is 1. The van der Waals surface area contributed by atoms with Crippen LogP contribution < -0.4 is 5.32 Å². The van der Waals surface area contributed by atoms with E-state index in [2.05, 4.69) is 10.1 Å². The Morgan fingerprint density at radius 3 is 2.72 bits per heavy atom. The highest BCUT2D eigenvalue weighted by molar-refractivity contribution is 6.30. The van der Waals surface area contributed by atoms with Gasteiger partial charge in [-0.15, -0.1) is 0 Å². The van der Waals surface area contributed by atoms with Crippen LogP contribution in [0, 0.1) is 5.82 Å². The highest BCUT2D eigenvalue weighted by atomic mass is 35.5. The summed E-state index contributed by atoms with van der Waals surface area (Å²) in [5.41, 5.74) is 0.873. The zero-order valence-electron chi connectivity index (χ0n) is 10.7. The molecule has 1 N–H and O–H groups in total. The molecule has 0 fully saturated rings. The van der Waals surface area contributed by atoms with Crippen molar-refractivity contribution in [3.8, 4) is 0 Å². The maximum Gasteiger partial charge on any atom is 0.307 e. The summed E-state index contributed by atoms with van der Waals surface area (Å²) in [6, 6.07) is 4.53.